The highest BCUT2D eigenvalue weighted by atomic mass is 19.1. The van der Waals surface area contributed by atoms with Crippen molar-refractivity contribution in [3.05, 3.63) is 54.0 Å². The average molecular weight is 300 g/mol. The summed E-state index contributed by atoms with van der Waals surface area (Å²) >= 11 is 0. The lowest BCUT2D eigenvalue weighted by Gasteiger charge is -2.32. The quantitative estimate of drug-likeness (QED) is 0.943. The Kier molecular flexibility index (Phi) is 4.80. The molecule has 0 radical (unpaired) electrons. The van der Waals surface area contributed by atoms with E-state index in [0.717, 1.165) is 31.6 Å². The Hall–Kier alpha value is -1.78. The Morgan fingerprint density at radius 3 is 2.86 bits per heavy atom. The van der Waals surface area contributed by atoms with Crippen LogP contribution in [0.15, 0.2) is 42.5 Å². The minimum absolute atomic E-state index is 0.190. The number of aliphatic hydroxyl groups excluding tert-OH is 1. The van der Waals surface area contributed by atoms with Crippen LogP contribution in [0.1, 0.15) is 24.5 Å². The maximum atomic E-state index is 13.9. The van der Waals surface area contributed by atoms with Crippen molar-refractivity contribution in [3.8, 4) is 11.3 Å². The van der Waals surface area contributed by atoms with Gasteiger partial charge in [-0.1, -0.05) is 18.2 Å². The summed E-state index contributed by atoms with van der Waals surface area (Å²) in [4.78, 5) is 6.96. The molecule has 1 aliphatic heterocycles. The van der Waals surface area contributed by atoms with Gasteiger partial charge in [-0.05, 0) is 43.7 Å². The number of rotatable bonds is 4. The molecule has 4 heteroatoms. The van der Waals surface area contributed by atoms with E-state index in [9.17, 15) is 4.39 Å². The number of hydrogen-bond acceptors (Lipinski definition) is 3. The first-order valence-corrected chi connectivity index (χ1v) is 7.83. The number of piperidine rings is 1. The summed E-state index contributed by atoms with van der Waals surface area (Å²) in [7, 11) is 0. The fraction of sp³-hybridized carbons (Fsp3) is 0.389. The summed E-state index contributed by atoms with van der Waals surface area (Å²) in [6, 6.07) is 12.6. The monoisotopic (exact) mass is 300 g/mol. The molecule has 2 heterocycles. The first kappa shape index (κ1) is 15.1. The van der Waals surface area contributed by atoms with Crippen LogP contribution >= 0.6 is 0 Å². The number of pyridine rings is 1. The van der Waals surface area contributed by atoms with Crippen molar-refractivity contribution < 1.29 is 9.50 Å². The molecule has 1 aliphatic rings. The van der Waals surface area contributed by atoms with Crippen LogP contribution in [0.5, 0.6) is 0 Å². The van der Waals surface area contributed by atoms with Gasteiger partial charge in [-0.2, -0.15) is 0 Å². The number of halogens is 1. The Bertz CT molecular complexity index is 630. The highest BCUT2D eigenvalue weighted by Gasteiger charge is 2.22. The van der Waals surface area contributed by atoms with Gasteiger partial charge in [0.2, 0.25) is 0 Å². The largest absolute Gasteiger partial charge is 0.395 e. The smallest absolute Gasteiger partial charge is 0.132 e. The average Bonchev–Trinajstić information content (AvgIpc) is 2.56. The third kappa shape index (κ3) is 3.34. The lowest BCUT2D eigenvalue weighted by Crippen LogP contribution is -2.36. The molecule has 1 saturated heterocycles. The van der Waals surface area contributed by atoms with Crippen LogP contribution in [0.3, 0.4) is 0 Å². The first-order chi connectivity index (χ1) is 10.8. The number of aromatic nitrogens is 1. The van der Waals surface area contributed by atoms with E-state index in [2.05, 4.69) is 4.90 Å². The molecule has 0 spiro atoms. The van der Waals surface area contributed by atoms with Crippen LogP contribution < -0.4 is 0 Å². The predicted molar refractivity (Wildman–Crippen MR) is 85.1 cm³/mol. The van der Waals surface area contributed by atoms with Gasteiger partial charge in [-0.25, -0.2) is 4.39 Å². The van der Waals surface area contributed by atoms with Crippen LogP contribution in [-0.4, -0.2) is 41.2 Å². The normalized spacial score (nSPS) is 19.3. The first-order valence-electron chi connectivity index (χ1n) is 7.83. The zero-order valence-corrected chi connectivity index (χ0v) is 12.6. The molecule has 0 unspecified atom stereocenters. The zero-order chi connectivity index (χ0) is 15.4. The van der Waals surface area contributed by atoms with Gasteiger partial charge in [0.25, 0.3) is 0 Å². The minimum atomic E-state index is -0.238. The number of likely N-dealkylation sites (tertiary alicyclic amines) is 1. The molecular formula is C18H21FN2O. The summed E-state index contributed by atoms with van der Waals surface area (Å²) in [6.07, 6.45) is 2.20. The number of nitrogens with zero attached hydrogens (tertiary/aromatic N) is 2. The molecule has 1 atom stereocenters. The van der Waals surface area contributed by atoms with E-state index in [0.29, 0.717) is 23.7 Å². The van der Waals surface area contributed by atoms with E-state index in [1.807, 2.05) is 24.3 Å². The molecule has 3 rings (SSSR count). The van der Waals surface area contributed by atoms with Gasteiger partial charge >= 0.3 is 0 Å². The molecule has 3 nitrogen and oxygen atoms in total. The van der Waals surface area contributed by atoms with Gasteiger partial charge in [0, 0.05) is 30.3 Å². The second kappa shape index (κ2) is 6.99. The lowest BCUT2D eigenvalue weighted by atomic mass is 9.94. The molecule has 0 amide bonds. The summed E-state index contributed by atoms with van der Waals surface area (Å²) in [5.74, 6) is 0.115. The number of benzene rings is 1. The maximum Gasteiger partial charge on any atom is 0.132 e. The fourth-order valence-corrected chi connectivity index (χ4v) is 3.14. The van der Waals surface area contributed by atoms with Crippen molar-refractivity contribution in [2.75, 3.05) is 26.2 Å². The molecule has 1 aromatic heterocycles. The second-order valence-corrected chi connectivity index (χ2v) is 5.79. The summed E-state index contributed by atoms with van der Waals surface area (Å²) in [5, 5.41) is 9.10. The summed E-state index contributed by atoms with van der Waals surface area (Å²) in [6.45, 7) is 2.84. The fourth-order valence-electron chi connectivity index (χ4n) is 3.14. The predicted octanol–water partition coefficient (Wildman–Crippen LogP) is 3.06. The van der Waals surface area contributed by atoms with Crippen molar-refractivity contribution in [1.29, 1.82) is 0 Å². The highest BCUT2D eigenvalue weighted by Crippen LogP contribution is 2.28. The van der Waals surface area contributed by atoms with Crippen LogP contribution in [0.25, 0.3) is 11.3 Å². The van der Waals surface area contributed by atoms with Crippen LogP contribution in [0, 0.1) is 5.82 Å². The molecule has 22 heavy (non-hydrogen) atoms. The van der Waals surface area contributed by atoms with Gasteiger partial charge in [0.1, 0.15) is 5.82 Å². The SMILES string of the molecule is OCCN1CCC[C@H](c2cccc(-c3ccccc3F)n2)C1. The highest BCUT2D eigenvalue weighted by molar-refractivity contribution is 5.59. The van der Waals surface area contributed by atoms with Gasteiger partial charge in [0.15, 0.2) is 0 Å². The lowest BCUT2D eigenvalue weighted by molar-refractivity contribution is 0.160. The van der Waals surface area contributed by atoms with Crippen LogP contribution in [0.4, 0.5) is 4.39 Å². The molecular weight excluding hydrogens is 279 g/mol. The van der Waals surface area contributed by atoms with E-state index in [1.54, 1.807) is 12.1 Å². The summed E-state index contributed by atoms with van der Waals surface area (Å²) < 4.78 is 13.9. The van der Waals surface area contributed by atoms with E-state index in [1.165, 1.54) is 6.07 Å². The Morgan fingerprint density at radius 2 is 2.05 bits per heavy atom. The third-order valence-corrected chi connectivity index (χ3v) is 4.26. The molecule has 1 aromatic carbocycles. The minimum Gasteiger partial charge on any atom is -0.395 e. The standard InChI is InChI=1S/C18H21FN2O/c19-16-7-2-1-6-15(16)18-9-3-8-17(20-18)14-5-4-10-21(13-14)11-12-22/h1-3,6-9,14,22H,4-5,10-13H2/t14-/m0/s1. The van der Waals surface area contributed by atoms with Crippen LogP contribution in [0.2, 0.25) is 0 Å². The third-order valence-electron chi connectivity index (χ3n) is 4.26. The van der Waals surface area contributed by atoms with E-state index in [-0.39, 0.29) is 12.4 Å². The van der Waals surface area contributed by atoms with E-state index < -0.39 is 0 Å². The molecule has 1 fully saturated rings. The van der Waals surface area contributed by atoms with E-state index in [4.69, 9.17) is 10.1 Å². The maximum absolute atomic E-state index is 13.9. The van der Waals surface area contributed by atoms with Gasteiger partial charge in [0.05, 0.1) is 12.3 Å². The van der Waals surface area contributed by atoms with Crippen molar-refractivity contribution in [1.82, 2.24) is 9.88 Å². The number of hydrogen-bond donors (Lipinski definition) is 1. The number of aliphatic hydroxyl groups is 1. The Balaban J connectivity index is 1.83. The van der Waals surface area contributed by atoms with Gasteiger partial charge < -0.3 is 10.0 Å². The van der Waals surface area contributed by atoms with Gasteiger partial charge in [-0.15, -0.1) is 0 Å². The Labute approximate surface area is 130 Å². The molecule has 0 bridgehead atoms. The molecule has 0 saturated carbocycles. The van der Waals surface area contributed by atoms with E-state index >= 15 is 0 Å². The summed E-state index contributed by atoms with van der Waals surface area (Å²) in [5.41, 5.74) is 2.26. The van der Waals surface area contributed by atoms with Crippen molar-refractivity contribution in [2.24, 2.45) is 0 Å². The molecule has 2 aromatic rings. The number of β-amino-alcohol motifs (C(OH)–C–C–N with tert-alkyl or cyclic N) is 1. The topological polar surface area (TPSA) is 36.4 Å². The molecule has 0 aliphatic carbocycles. The van der Waals surface area contributed by atoms with Crippen molar-refractivity contribution in [2.45, 2.75) is 18.8 Å². The van der Waals surface area contributed by atoms with Crippen LogP contribution in [-0.2, 0) is 0 Å². The molecule has 1 N–H and O–H groups in total. The Morgan fingerprint density at radius 1 is 1.18 bits per heavy atom. The van der Waals surface area contributed by atoms with Crippen molar-refractivity contribution >= 4 is 0 Å². The zero-order valence-electron chi connectivity index (χ0n) is 12.6. The van der Waals surface area contributed by atoms with Crippen molar-refractivity contribution in [3.63, 3.8) is 0 Å². The second-order valence-electron chi connectivity index (χ2n) is 5.79. The molecule has 116 valence electrons. The van der Waals surface area contributed by atoms with Gasteiger partial charge in [-0.3, -0.25) is 4.98 Å².